The number of fused-ring (bicyclic) bond motifs is 3. The Bertz CT molecular complexity index is 884. The molecular formula is C21H22INO2. The highest BCUT2D eigenvalue weighted by molar-refractivity contribution is 14.1. The second kappa shape index (κ2) is 7.20. The molecule has 0 saturated heterocycles. The third kappa shape index (κ3) is 3.32. The van der Waals surface area contributed by atoms with E-state index in [1.165, 1.54) is 33.4 Å². The normalized spacial score (nSPS) is 13.6. The van der Waals surface area contributed by atoms with Crippen molar-refractivity contribution in [3.05, 3.63) is 63.9 Å². The Labute approximate surface area is 162 Å². The van der Waals surface area contributed by atoms with Crippen LogP contribution in [0, 0.1) is 13.8 Å². The van der Waals surface area contributed by atoms with E-state index in [-0.39, 0.29) is 5.76 Å². The number of alkyl halides is 1. The second-order valence-corrected chi connectivity index (χ2v) is 7.30. The zero-order valence-corrected chi connectivity index (χ0v) is 16.9. The van der Waals surface area contributed by atoms with Crippen molar-refractivity contribution in [2.45, 2.75) is 33.6 Å². The Morgan fingerprint density at radius 2 is 1.80 bits per heavy atom. The van der Waals surface area contributed by atoms with Gasteiger partial charge in [0.05, 0.1) is 4.55 Å². The molecule has 0 spiro atoms. The molecule has 3 nitrogen and oxygen atoms in total. The van der Waals surface area contributed by atoms with E-state index in [4.69, 9.17) is 0 Å². The molecule has 130 valence electrons. The van der Waals surface area contributed by atoms with Crippen LogP contribution in [0.1, 0.15) is 34.7 Å². The number of aliphatic hydroxyl groups is 1. The van der Waals surface area contributed by atoms with Crippen LogP contribution in [0.4, 0.5) is 0 Å². The number of aryl methyl sites for hydroxylation is 2. The molecule has 0 unspecified atom stereocenters. The number of rotatable bonds is 3. The summed E-state index contributed by atoms with van der Waals surface area (Å²) in [6, 6.07) is 10.6. The van der Waals surface area contributed by atoms with Gasteiger partial charge in [-0.2, -0.15) is 0 Å². The maximum Gasteiger partial charge on any atom is 0.287 e. The smallest absolute Gasteiger partial charge is 0.287 e. The van der Waals surface area contributed by atoms with Crippen LogP contribution in [-0.4, -0.2) is 15.6 Å². The van der Waals surface area contributed by atoms with Gasteiger partial charge in [0.25, 0.3) is 5.91 Å². The van der Waals surface area contributed by atoms with E-state index in [1.807, 2.05) is 22.6 Å². The first kappa shape index (κ1) is 18.0. The van der Waals surface area contributed by atoms with E-state index in [0.29, 0.717) is 10.1 Å². The van der Waals surface area contributed by atoms with Crippen molar-refractivity contribution in [2.75, 3.05) is 4.55 Å². The first-order valence-corrected chi connectivity index (χ1v) is 9.93. The SMILES string of the molecule is C/C(=C(\O)C(=O)NCI)c1cc(C)c2c(c1)-c1cccc(C)c1CC2. The molecule has 25 heavy (non-hydrogen) atoms. The maximum atomic E-state index is 12.0. The molecule has 1 aliphatic rings. The average molecular weight is 447 g/mol. The Morgan fingerprint density at radius 3 is 2.48 bits per heavy atom. The lowest BCUT2D eigenvalue weighted by Crippen LogP contribution is -2.23. The number of hydrogen-bond acceptors (Lipinski definition) is 2. The van der Waals surface area contributed by atoms with Gasteiger partial charge in [0, 0.05) is 5.57 Å². The molecular weight excluding hydrogens is 425 g/mol. The van der Waals surface area contributed by atoms with Crippen LogP contribution >= 0.6 is 22.6 Å². The Hall–Kier alpha value is -1.82. The highest BCUT2D eigenvalue weighted by Crippen LogP contribution is 2.38. The van der Waals surface area contributed by atoms with Crippen molar-refractivity contribution in [1.82, 2.24) is 5.32 Å². The summed E-state index contributed by atoms with van der Waals surface area (Å²) < 4.78 is 0.462. The lowest BCUT2D eigenvalue weighted by atomic mass is 9.80. The first-order chi connectivity index (χ1) is 11.9. The third-order valence-electron chi connectivity index (χ3n) is 5.03. The number of amides is 1. The van der Waals surface area contributed by atoms with Crippen molar-refractivity contribution in [3.8, 4) is 11.1 Å². The zero-order valence-electron chi connectivity index (χ0n) is 14.7. The van der Waals surface area contributed by atoms with Gasteiger partial charge in [0.15, 0.2) is 5.76 Å². The van der Waals surface area contributed by atoms with E-state index in [2.05, 4.69) is 49.5 Å². The minimum absolute atomic E-state index is 0.212. The minimum Gasteiger partial charge on any atom is -0.503 e. The number of carbonyl (C=O) groups excluding carboxylic acids is 1. The number of nitrogens with one attached hydrogen (secondary N) is 1. The molecule has 2 aromatic carbocycles. The summed E-state index contributed by atoms with van der Waals surface area (Å²) in [4.78, 5) is 12.0. The summed E-state index contributed by atoms with van der Waals surface area (Å²) in [6.07, 6.45) is 2.09. The number of benzene rings is 2. The van der Waals surface area contributed by atoms with Gasteiger partial charge in [-0.1, -0.05) is 46.9 Å². The van der Waals surface area contributed by atoms with E-state index in [1.54, 1.807) is 6.92 Å². The van der Waals surface area contributed by atoms with Gasteiger partial charge >= 0.3 is 0 Å². The van der Waals surface area contributed by atoms with Gasteiger partial charge in [0.1, 0.15) is 0 Å². The molecule has 0 fully saturated rings. The maximum absolute atomic E-state index is 12.0. The Balaban J connectivity index is 2.15. The number of allylic oxidation sites excluding steroid dienone is 1. The van der Waals surface area contributed by atoms with Crippen molar-refractivity contribution in [1.29, 1.82) is 0 Å². The summed E-state index contributed by atoms with van der Waals surface area (Å²) >= 11 is 2.05. The topological polar surface area (TPSA) is 49.3 Å². The lowest BCUT2D eigenvalue weighted by Gasteiger charge is -2.24. The highest BCUT2D eigenvalue weighted by atomic mass is 127. The Kier molecular flexibility index (Phi) is 5.18. The predicted molar refractivity (Wildman–Crippen MR) is 111 cm³/mol. The van der Waals surface area contributed by atoms with Crippen LogP contribution in [-0.2, 0) is 17.6 Å². The van der Waals surface area contributed by atoms with E-state index in [0.717, 1.165) is 18.4 Å². The van der Waals surface area contributed by atoms with Crippen LogP contribution in [0.5, 0.6) is 0 Å². The van der Waals surface area contributed by atoms with Gasteiger partial charge in [-0.3, -0.25) is 4.79 Å². The lowest BCUT2D eigenvalue weighted by molar-refractivity contribution is -0.119. The van der Waals surface area contributed by atoms with Crippen molar-refractivity contribution >= 4 is 34.1 Å². The summed E-state index contributed by atoms with van der Waals surface area (Å²) in [5, 5.41) is 12.9. The molecule has 0 saturated carbocycles. The number of hydrogen-bond donors (Lipinski definition) is 2. The standard InChI is InChI=1S/C21H22INO2/c1-12-5-4-6-18-16(12)7-8-17-13(2)9-15(10-19(17)18)14(3)20(24)21(25)23-11-22/h4-6,9-10,24H,7-8,11H2,1-3H3,(H,23,25)/b20-14+. The van der Waals surface area contributed by atoms with Gasteiger partial charge in [-0.15, -0.1) is 0 Å². The number of halogens is 1. The van der Waals surface area contributed by atoms with Crippen LogP contribution in [0.2, 0.25) is 0 Å². The molecule has 4 heteroatoms. The molecule has 0 heterocycles. The van der Waals surface area contributed by atoms with E-state index < -0.39 is 5.91 Å². The molecule has 3 rings (SSSR count). The fourth-order valence-electron chi connectivity index (χ4n) is 3.59. The summed E-state index contributed by atoms with van der Waals surface area (Å²) in [5.41, 5.74) is 9.30. The van der Waals surface area contributed by atoms with Gasteiger partial charge in [0.2, 0.25) is 0 Å². The largest absolute Gasteiger partial charge is 0.503 e. The predicted octanol–water partition coefficient (Wildman–Crippen LogP) is 4.87. The fourth-order valence-corrected chi connectivity index (χ4v) is 3.94. The van der Waals surface area contributed by atoms with Crippen LogP contribution in [0.25, 0.3) is 16.7 Å². The molecule has 0 bridgehead atoms. The Morgan fingerprint density at radius 1 is 1.12 bits per heavy atom. The molecule has 2 N–H and O–H groups in total. The highest BCUT2D eigenvalue weighted by Gasteiger charge is 2.21. The summed E-state index contributed by atoms with van der Waals surface area (Å²) in [6.45, 7) is 6.06. The van der Waals surface area contributed by atoms with Gasteiger partial charge < -0.3 is 10.4 Å². The van der Waals surface area contributed by atoms with E-state index >= 15 is 0 Å². The molecule has 1 amide bonds. The summed E-state index contributed by atoms with van der Waals surface area (Å²) in [7, 11) is 0. The minimum atomic E-state index is -0.432. The van der Waals surface area contributed by atoms with Gasteiger partial charge in [-0.05, 0) is 78.6 Å². The molecule has 0 atom stereocenters. The first-order valence-electron chi connectivity index (χ1n) is 8.40. The van der Waals surface area contributed by atoms with Crippen LogP contribution in [0.15, 0.2) is 36.1 Å². The quantitative estimate of drug-likeness (QED) is 0.232. The molecule has 0 aromatic heterocycles. The molecule has 0 aliphatic heterocycles. The van der Waals surface area contributed by atoms with Crippen LogP contribution < -0.4 is 5.32 Å². The van der Waals surface area contributed by atoms with Crippen molar-refractivity contribution < 1.29 is 9.90 Å². The number of aliphatic hydroxyl groups excluding tert-OH is 1. The second-order valence-electron chi connectivity index (χ2n) is 6.53. The zero-order chi connectivity index (χ0) is 18.1. The van der Waals surface area contributed by atoms with Gasteiger partial charge in [-0.25, -0.2) is 0 Å². The fraction of sp³-hybridized carbons (Fsp3) is 0.286. The van der Waals surface area contributed by atoms with Crippen LogP contribution in [0.3, 0.4) is 0 Å². The number of carbonyl (C=O) groups is 1. The molecule has 0 radical (unpaired) electrons. The third-order valence-corrected chi connectivity index (χ3v) is 5.41. The van der Waals surface area contributed by atoms with Crippen molar-refractivity contribution in [3.63, 3.8) is 0 Å². The van der Waals surface area contributed by atoms with E-state index in [9.17, 15) is 9.90 Å². The molecule has 2 aromatic rings. The average Bonchev–Trinajstić information content (AvgIpc) is 2.60. The summed E-state index contributed by atoms with van der Waals surface area (Å²) in [5.74, 6) is -0.644. The van der Waals surface area contributed by atoms with Crippen molar-refractivity contribution in [2.24, 2.45) is 0 Å². The monoisotopic (exact) mass is 447 g/mol. The molecule has 1 aliphatic carbocycles.